The van der Waals surface area contributed by atoms with Crippen LogP contribution >= 0.6 is 0 Å². The molecule has 0 fully saturated rings. The zero-order valence-corrected chi connectivity index (χ0v) is 13.2. The van der Waals surface area contributed by atoms with Gasteiger partial charge in [-0.3, -0.25) is 4.79 Å². The lowest BCUT2D eigenvalue weighted by Gasteiger charge is -2.23. The van der Waals surface area contributed by atoms with Gasteiger partial charge in [0.1, 0.15) is 11.4 Å². The first-order valence-corrected chi connectivity index (χ1v) is 7.44. The van der Waals surface area contributed by atoms with Crippen LogP contribution in [0.5, 0.6) is 5.75 Å². The van der Waals surface area contributed by atoms with Crippen molar-refractivity contribution in [2.75, 3.05) is 5.32 Å². The molecule has 6 nitrogen and oxygen atoms in total. The lowest BCUT2D eigenvalue weighted by atomic mass is 10.1. The Morgan fingerprint density at radius 1 is 1.30 bits per heavy atom. The van der Waals surface area contributed by atoms with Gasteiger partial charge in [-0.05, 0) is 44.5 Å². The fourth-order valence-electron chi connectivity index (χ4n) is 2.62. The van der Waals surface area contributed by atoms with Gasteiger partial charge in [-0.2, -0.15) is 0 Å². The van der Waals surface area contributed by atoms with Crippen LogP contribution in [0.3, 0.4) is 0 Å². The average Bonchev–Trinajstić information content (AvgIpc) is 2.93. The van der Waals surface area contributed by atoms with E-state index in [9.17, 15) is 14.7 Å². The minimum Gasteiger partial charge on any atom is -0.479 e. The number of benzene rings is 1. The van der Waals surface area contributed by atoms with Crippen LogP contribution < -0.4 is 10.1 Å². The SMILES string of the molecule is CC1Oc2ccc(-c3cc(C(=O)O)n(C(C)C)c3)cc2NC1=O. The van der Waals surface area contributed by atoms with Gasteiger partial charge in [0.25, 0.3) is 5.91 Å². The van der Waals surface area contributed by atoms with E-state index in [2.05, 4.69) is 5.32 Å². The van der Waals surface area contributed by atoms with E-state index in [1.165, 1.54) is 0 Å². The molecule has 0 spiro atoms. The molecule has 1 unspecified atom stereocenters. The minimum absolute atomic E-state index is 0.0383. The summed E-state index contributed by atoms with van der Waals surface area (Å²) in [6, 6.07) is 7.11. The highest BCUT2D eigenvalue weighted by atomic mass is 16.5. The van der Waals surface area contributed by atoms with Gasteiger partial charge in [-0.25, -0.2) is 4.79 Å². The van der Waals surface area contributed by atoms with Crippen LogP contribution in [0.4, 0.5) is 5.69 Å². The largest absolute Gasteiger partial charge is 0.479 e. The molecule has 1 aromatic carbocycles. The molecule has 2 aromatic rings. The van der Waals surface area contributed by atoms with E-state index in [1.54, 1.807) is 29.7 Å². The summed E-state index contributed by atoms with van der Waals surface area (Å²) in [5.74, 6) is -0.545. The van der Waals surface area contributed by atoms with Gasteiger partial charge in [0.05, 0.1) is 5.69 Å². The zero-order valence-electron chi connectivity index (χ0n) is 13.2. The molecule has 6 heteroatoms. The maximum Gasteiger partial charge on any atom is 0.352 e. The summed E-state index contributed by atoms with van der Waals surface area (Å²) in [5.41, 5.74) is 2.44. The van der Waals surface area contributed by atoms with Crippen LogP contribution in [0.2, 0.25) is 0 Å². The van der Waals surface area contributed by atoms with Crippen molar-refractivity contribution >= 4 is 17.6 Å². The maximum absolute atomic E-state index is 11.7. The summed E-state index contributed by atoms with van der Waals surface area (Å²) in [6.45, 7) is 5.55. The molecule has 1 amide bonds. The Labute approximate surface area is 133 Å². The summed E-state index contributed by atoms with van der Waals surface area (Å²) < 4.78 is 7.25. The Kier molecular flexibility index (Phi) is 3.60. The van der Waals surface area contributed by atoms with Gasteiger partial charge < -0.3 is 19.7 Å². The zero-order chi connectivity index (χ0) is 16.7. The average molecular weight is 314 g/mol. The Balaban J connectivity index is 2.03. The van der Waals surface area contributed by atoms with Gasteiger partial charge in [0.2, 0.25) is 0 Å². The standard InChI is InChI=1S/C17H18N2O4/c1-9(2)19-8-12(7-14(19)17(21)22)11-4-5-15-13(6-11)18-16(20)10(3)23-15/h4-10H,1-3H3,(H,18,20)(H,21,22). The smallest absolute Gasteiger partial charge is 0.352 e. The third-order valence-electron chi connectivity index (χ3n) is 3.87. The van der Waals surface area contributed by atoms with E-state index in [0.717, 1.165) is 11.1 Å². The molecular formula is C17H18N2O4. The summed E-state index contributed by atoms with van der Waals surface area (Å²) >= 11 is 0. The van der Waals surface area contributed by atoms with Crippen molar-refractivity contribution in [1.29, 1.82) is 0 Å². The fraction of sp³-hybridized carbons (Fsp3) is 0.294. The van der Waals surface area contributed by atoms with Gasteiger partial charge in [-0.15, -0.1) is 0 Å². The number of hydrogen-bond acceptors (Lipinski definition) is 3. The van der Waals surface area contributed by atoms with Crippen LogP contribution in [0.25, 0.3) is 11.1 Å². The quantitative estimate of drug-likeness (QED) is 0.912. The third kappa shape index (κ3) is 2.67. The summed E-state index contributed by atoms with van der Waals surface area (Å²) in [6.07, 6.45) is 1.29. The molecule has 1 aliphatic heterocycles. The molecule has 3 rings (SSSR count). The first-order valence-electron chi connectivity index (χ1n) is 7.44. The Bertz CT molecular complexity index is 792. The Morgan fingerprint density at radius 3 is 2.65 bits per heavy atom. The fourth-order valence-corrected chi connectivity index (χ4v) is 2.62. The van der Waals surface area contributed by atoms with E-state index >= 15 is 0 Å². The number of nitrogens with zero attached hydrogens (tertiary/aromatic N) is 1. The lowest BCUT2D eigenvalue weighted by molar-refractivity contribution is -0.122. The van der Waals surface area contributed by atoms with Crippen LogP contribution in [-0.4, -0.2) is 27.7 Å². The maximum atomic E-state index is 11.7. The molecule has 2 N–H and O–H groups in total. The van der Waals surface area contributed by atoms with Crippen molar-refractivity contribution < 1.29 is 19.4 Å². The van der Waals surface area contributed by atoms with Gasteiger partial charge in [0, 0.05) is 17.8 Å². The molecule has 2 heterocycles. The molecular weight excluding hydrogens is 296 g/mol. The Morgan fingerprint density at radius 2 is 2.04 bits per heavy atom. The lowest BCUT2D eigenvalue weighted by Crippen LogP contribution is -2.34. The number of anilines is 1. The predicted octanol–water partition coefficient (Wildman–Crippen LogP) is 3.15. The number of ether oxygens (including phenoxy) is 1. The number of rotatable bonds is 3. The molecule has 0 saturated heterocycles. The molecule has 1 aliphatic rings. The number of hydrogen-bond donors (Lipinski definition) is 2. The predicted molar refractivity (Wildman–Crippen MR) is 85.9 cm³/mol. The second-order valence-electron chi connectivity index (χ2n) is 5.88. The van der Waals surface area contributed by atoms with Gasteiger partial charge >= 0.3 is 5.97 Å². The highest BCUT2D eigenvalue weighted by molar-refractivity contribution is 5.98. The van der Waals surface area contributed by atoms with Crippen LogP contribution in [0.1, 0.15) is 37.3 Å². The van der Waals surface area contributed by atoms with Crippen molar-refractivity contribution in [3.63, 3.8) is 0 Å². The summed E-state index contributed by atoms with van der Waals surface area (Å²) in [7, 11) is 0. The van der Waals surface area contributed by atoms with E-state index in [1.807, 2.05) is 26.1 Å². The highest BCUT2D eigenvalue weighted by Crippen LogP contribution is 2.35. The second-order valence-corrected chi connectivity index (χ2v) is 5.88. The van der Waals surface area contributed by atoms with Crippen molar-refractivity contribution in [3.8, 4) is 16.9 Å². The van der Waals surface area contributed by atoms with E-state index < -0.39 is 12.1 Å². The number of carboxylic acids is 1. The van der Waals surface area contributed by atoms with Gasteiger partial charge in [0.15, 0.2) is 6.10 Å². The summed E-state index contributed by atoms with van der Waals surface area (Å²) in [4.78, 5) is 23.1. The van der Waals surface area contributed by atoms with Crippen molar-refractivity contribution in [3.05, 3.63) is 36.2 Å². The number of fused-ring (bicyclic) bond motifs is 1. The van der Waals surface area contributed by atoms with Crippen LogP contribution in [-0.2, 0) is 4.79 Å². The van der Waals surface area contributed by atoms with E-state index in [4.69, 9.17) is 4.74 Å². The molecule has 0 saturated carbocycles. The first kappa shape index (κ1) is 15.1. The monoisotopic (exact) mass is 314 g/mol. The molecule has 0 radical (unpaired) electrons. The summed E-state index contributed by atoms with van der Waals surface area (Å²) in [5, 5.41) is 12.1. The van der Waals surface area contributed by atoms with Gasteiger partial charge in [-0.1, -0.05) is 6.07 Å². The number of aromatic nitrogens is 1. The number of carbonyl (C=O) groups is 2. The molecule has 0 bridgehead atoms. The number of carboxylic acid groups (broad SMARTS) is 1. The van der Waals surface area contributed by atoms with Crippen molar-refractivity contribution in [2.24, 2.45) is 0 Å². The van der Waals surface area contributed by atoms with Crippen LogP contribution in [0, 0.1) is 0 Å². The molecule has 1 aromatic heterocycles. The van der Waals surface area contributed by atoms with E-state index in [0.29, 0.717) is 11.4 Å². The minimum atomic E-state index is -0.964. The molecule has 23 heavy (non-hydrogen) atoms. The molecule has 1 atom stereocenters. The topological polar surface area (TPSA) is 80.6 Å². The second kappa shape index (κ2) is 5.46. The highest BCUT2D eigenvalue weighted by Gasteiger charge is 2.24. The first-order chi connectivity index (χ1) is 10.9. The van der Waals surface area contributed by atoms with Crippen molar-refractivity contribution in [1.82, 2.24) is 4.57 Å². The number of aromatic carboxylic acids is 1. The Hall–Kier alpha value is -2.76. The number of amides is 1. The molecule has 0 aliphatic carbocycles. The van der Waals surface area contributed by atoms with Crippen molar-refractivity contribution in [2.45, 2.75) is 32.9 Å². The van der Waals surface area contributed by atoms with E-state index in [-0.39, 0.29) is 17.6 Å². The number of carbonyl (C=O) groups excluding carboxylic acids is 1. The van der Waals surface area contributed by atoms with Crippen LogP contribution in [0.15, 0.2) is 30.5 Å². The normalized spacial score (nSPS) is 16.7. The molecule has 120 valence electrons. The number of nitrogens with one attached hydrogen (secondary N) is 1. The third-order valence-corrected chi connectivity index (χ3v) is 3.87.